The van der Waals surface area contributed by atoms with Crippen LogP contribution in [-0.4, -0.2) is 62.1 Å². The molecule has 0 N–H and O–H groups in total. The molecule has 1 aliphatic rings. The summed E-state index contributed by atoms with van der Waals surface area (Å²) in [6.07, 6.45) is 1.55. The Morgan fingerprint density at radius 1 is 1.21 bits per heavy atom. The van der Waals surface area contributed by atoms with Gasteiger partial charge in [0, 0.05) is 38.6 Å². The van der Waals surface area contributed by atoms with Crippen LogP contribution in [0.25, 0.3) is 0 Å². The van der Waals surface area contributed by atoms with Gasteiger partial charge in [-0.2, -0.15) is 0 Å². The number of thiophene rings is 1. The predicted molar refractivity (Wildman–Crippen MR) is 113 cm³/mol. The number of nitrogens with zero attached hydrogens (tertiary/aromatic N) is 2. The number of hydrogen-bond donors (Lipinski definition) is 0. The van der Waals surface area contributed by atoms with E-state index in [-0.39, 0.29) is 24.4 Å². The molecule has 156 valence electrons. The first-order chi connectivity index (χ1) is 14.0. The Hall–Kier alpha value is -2.38. The van der Waals surface area contributed by atoms with Crippen molar-refractivity contribution in [3.8, 4) is 5.75 Å². The maximum atomic E-state index is 13.3. The van der Waals surface area contributed by atoms with Crippen molar-refractivity contribution < 1.29 is 19.1 Å². The Labute approximate surface area is 176 Å². The minimum atomic E-state index is -0.142. The highest BCUT2D eigenvalue weighted by atomic mass is 32.1. The molecule has 0 radical (unpaired) electrons. The van der Waals surface area contributed by atoms with Crippen LogP contribution in [0, 0.1) is 0 Å². The van der Waals surface area contributed by atoms with Gasteiger partial charge in [0.25, 0.3) is 0 Å². The number of carbonyl (C=O) groups excluding carboxylic acids is 2. The first-order valence-electron chi connectivity index (χ1n) is 9.79. The van der Waals surface area contributed by atoms with Gasteiger partial charge in [-0.05, 0) is 47.5 Å². The predicted octanol–water partition coefficient (Wildman–Crippen LogP) is 3.12. The lowest BCUT2D eigenvalue weighted by Crippen LogP contribution is -2.46. The van der Waals surface area contributed by atoms with Gasteiger partial charge in [-0.1, -0.05) is 12.1 Å². The number of benzene rings is 1. The Kier molecular flexibility index (Phi) is 7.28. The van der Waals surface area contributed by atoms with Crippen LogP contribution in [-0.2, 0) is 20.7 Å². The minimum absolute atomic E-state index is 0.0321. The highest BCUT2D eigenvalue weighted by Gasteiger charge is 2.33. The molecule has 2 heterocycles. The van der Waals surface area contributed by atoms with E-state index in [2.05, 4.69) is 11.4 Å². The fraction of sp³-hybridized carbons (Fsp3) is 0.455. The Morgan fingerprint density at radius 3 is 2.62 bits per heavy atom. The van der Waals surface area contributed by atoms with E-state index in [9.17, 15) is 9.59 Å². The normalized spacial score (nSPS) is 15.7. The monoisotopic (exact) mass is 416 g/mol. The van der Waals surface area contributed by atoms with Crippen molar-refractivity contribution in [1.82, 2.24) is 9.80 Å². The van der Waals surface area contributed by atoms with E-state index in [1.165, 1.54) is 17.4 Å². The molecule has 2 aromatic rings. The average molecular weight is 417 g/mol. The first kappa shape index (κ1) is 21.3. The average Bonchev–Trinajstić information content (AvgIpc) is 3.21. The number of methoxy groups -OCH3 is 2. The molecule has 0 aliphatic carbocycles. The number of rotatable bonds is 8. The highest BCUT2D eigenvalue weighted by Crippen LogP contribution is 2.38. The summed E-state index contributed by atoms with van der Waals surface area (Å²) in [5.74, 6) is 0.660. The van der Waals surface area contributed by atoms with E-state index in [4.69, 9.17) is 9.47 Å². The number of amides is 2. The van der Waals surface area contributed by atoms with Crippen molar-refractivity contribution in [3.63, 3.8) is 0 Å². The summed E-state index contributed by atoms with van der Waals surface area (Å²) in [5, 5.41) is 2.09. The molecule has 6 nitrogen and oxygen atoms in total. The van der Waals surface area contributed by atoms with Gasteiger partial charge in [0.05, 0.1) is 19.7 Å². The summed E-state index contributed by atoms with van der Waals surface area (Å²) in [6.45, 7) is 3.32. The number of hydrogen-bond acceptors (Lipinski definition) is 5. The maximum Gasteiger partial charge on any atom is 0.242 e. The van der Waals surface area contributed by atoms with Crippen LogP contribution in [0.5, 0.6) is 5.75 Å². The molecule has 7 heteroatoms. The molecule has 2 amide bonds. The zero-order valence-electron chi connectivity index (χ0n) is 17.2. The summed E-state index contributed by atoms with van der Waals surface area (Å²) < 4.78 is 10.4. The van der Waals surface area contributed by atoms with Gasteiger partial charge in [0.1, 0.15) is 5.75 Å². The largest absolute Gasteiger partial charge is 0.497 e. The lowest BCUT2D eigenvalue weighted by molar-refractivity contribution is -0.140. The van der Waals surface area contributed by atoms with Crippen LogP contribution in [0.2, 0.25) is 0 Å². The van der Waals surface area contributed by atoms with E-state index in [0.717, 1.165) is 17.7 Å². The lowest BCUT2D eigenvalue weighted by atomic mass is 9.93. The molecule has 1 aromatic carbocycles. The zero-order chi connectivity index (χ0) is 20.8. The molecule has 0 fully saturated rings. The van der Waals surface area contributed by atoms with Crippen LogP contribution >= 0.6 is 11.3 Å². The maximum absolute atomic E-state index is 13.3. The first-order valence-corrected chi connectivity index (χ1v) is 10.7. The second-order valence-electron chi connectivity index (χ2n) is 7.10. The standard InChI is InChI=1S/C22H28N2O4S/c1-16(25)23(11-4-13-27-2)15-21(26)24-12-9-20-19(10-14-29-20)22(24)17-5-7-18(28-3)8-6-17/h5-8,10,14,22H,4,9,11-13,15H2,1-3H3/t22-/m1/s1. The molecule has 1 aliphatic heterocycles. The van der Waals surface area contributed by atoms with Crippen molar-refractivity contribution in [2.45, 2.75) is 25.8 Å². The summed E-state index contributed by atoms with van der Waals surface area (Å²) in [5.41, 5.74) is 2.22. The summed E-state index contributed by atoms with van der Waals surface area (Å²) in [7, 11) is 3.28. The fourth-order valence-corrected chi connectivity index (χ4v) is 4.64. The minimum Gasteiger partial charge on any atom is -0.497 e. The van der Waals surface area contributed by atoms with Crippen molar-refractivity contribution in [3.05, 3.63) is 51.7 Å². The molecule has 1 atom stereocenters. The number of ether oxygens (including phenoxy) is 2. The van der Waals surface area contributed by atoms with Gasteiger partial charge in [-0.3, -0.25) is 9.59 Å². The third-order valence-corrected chi connectivity index (χ3v) is 6.26. The highest BCUT2D eigenvalue weighted by molar-refractivity contribution is 7.10. The second-order valence-corrected chi connectivity index (χ2v) is 8.10. The fourth-order valence-electron chi connectivity index (χ4n) is 3.73. The smallest absolute Gasteiger partial charge is 0.242 e. The molecule has 0 spiro atoms. The number of carbonyl (C=O) groups is 2. The Balaban J connectivity index is 1.83. The van der Waals surface area contributed by atoms with E-state index < -0.39 is 0 Å². The van der Waals surface area contributed by atoms with E-state index in [1.54, 1.807) is 30.5 Å². The van der Waals surface area contributed by atoms with Crippen LogP contribution in [0.1, 0.15) is 35.4 Å². The quantitative estimate of drug-likeness (QED) is 0.621. The molecule has 0 saturated carbocycles. The topological polar surface area (TPSA) is 59.1 Å². The number of fused-ring (bicyclic) bond motifs is 1. The molecule has 29 heavy (non-hydrogen) atoms. The Bertz CT molecular complexity index is 834. The lowest BCUT2D eigenvalue weighted by Gasteiger charge is -2.37. The van der Waals surface area contributed by atoms with Crippen molar-refractivity contribution >= 4 is 23.2 Å². The Morgan fingerprint density at radius 2 is 1.97 bits per heavy atom. The van der Waals surface area contributed by atoms with Gasteiger partial charge in [-0.25, -0.2) is 0 Å². The van der Waals surface area contributed by atoms with Crippen molar-refractivity contribution in [2.75, 3.05) is 40.5 Å². The van der Waals surface area contributed by atoms with Crippen molar-refractivity contribution in [1.29, 1.82) is 0 Å². The molecule has 0 unspecified atom stereocenters. The molecule has 0 saturated heterocycles. The molecular weight excluding hydrogens is 388 g/mol. The molecular formula is C22H28N2O4S. The third-order valence-electron chi connectivity index (χ3n) is 5.27. The van der Waals surface area contributed by atoms with Crippen LogP contribution < -0.4 is 4.74 Å². The third kappa shape index (κ3) is 4.97. The molecule has 0 bridgehead atoms. The zero-order valence-corrected chi connectivity index (χ0v) is 18.0. The van der Waals surface area contributed by atoms with E-state index in [1.807, 2.05) is 29.2 Å². The van der Waals surface area contributed by atoms with Gasteiger partial charge in [0.15, 0.2) is 0 Å². The van der Waals surface area contributed by atoms with Gasteiger partial charge >= 0.3 is 0 Å². The van der Waals surface area contributed by atoms with Gasteiger partial charge < -0.3 is 19.3 Å². The van der Waals surface area contributed by atoms with Gasteiger partial charge in [-0.15, -0.1) is 11.3 Å². The summed E-state index contributed by atoms with van der Waals surface area (Å²) >= 11 is 1.74. The second kappa shape index (κ2) is 9.89. The SMILES string of the molecule is COCCCN(CC(=O)N1CCc2sccc2[C@H]1c1ccc(OC)cc1)C(C)=O. The van der Waals surface area contributed by atoms with E-state index in [0.29, 0.717) is 26.1 Å². The van der Waals surface area contributed by atoms with Crippen LogP contribution in [0.4, 0.5) is 0 Å². The molecule has 3 rings (SSSR count). The summed E-state index contributed by atoms with van der Waals surface area (Å²) in [4.78, 5) is 30.1. The molecule has 1 aromatic heterocycles. The summed E-state index contributed by atoms with van der Waals surface area (Å²) in [6, 6.07) is 9.83. The van der Waals surface area contributed by atoms with Crippen LogP contribution in [0.15, 0.2) is 35.7 Å². The van der Waals surface area contributed by atoms with Crippen molar-refractivity contribution in [2.24, 2.45) is 0 Å². The van der Waals surface area contributed by atoms with E-state index >= 15 is 0 Å². The van der Waals surface area contributed by atoms with Gasteiger partial charge in [0.2, 0.25) is 11.8 Å². The van der Waals surface area contributed by atoms with Crippen LogP contribution in [0.3, 0.4) is 0 Å².